The van der Waals surface area contributed by atoms with Gasteiger partial charge in [0.15, 0.2) is 0 Å². The largest absolute Gasteiger partial charge is 0.376 e. The first-order valence-corrected chi connectivity index (χ1v) is 7.90. The van der Waals surface area contributed by atoms with Crippen LogP contribution in [-0.4, -0.2) is 25.3 Å². The Labute approximate surface area is 124 Å². The van der Waals surface area contributed by atoms with Gasteiger partial charge in [0.25, 0.3) is 0 Å². The molecule has 1 unspecified atom stereocenters. The minimum atomic E-state index is -0.0336. The maximum Gasteiger partial charge on any atom is 0.0598 e. The Kier molecular flexibility index (Phi) is 7.86. The minimum Gasteiger partial charge on any atom is -0.376 e. The third kappa shape index (κ3) is 8.34. The first kappa shape index (κ1) is 17.2. The highest BCUT2D eigenvalue weighted by atomic mass is 16.5. The topological polar surface area (TPSA) is 21.3 Å². The maximum atomic E-state index is 5.88. The van der Waals surface area contributed by atoms with E-state index in [9.17, 15) is 0 Å². The normalized spacial score (nSPS) is 13.4. The monoisotopic (exact) mass is 277 g/mol. The molecule has 0 aliphatic carbocycles. The molecule has 0 saturated heterocycles. The lowest BCUT2D eigenvalue weighted by Gasteiger charge is -2.23. The van der Waals surface area contributed by atoms with Crippen LogP contribution in [0.5, 0.6) is 0 Å². The zero-order chi connectivity index (χ0) is 14.8. The Balaban J connectivity index is 2.43. The predicted octanol–water partition coefficient (Wildman–Crippen LogP) is 4.05. The van der Waals surface area contributed by atoms with Gasteiger partial charge in [-0.1, -0.05) is 37.3 Å². The van der Waals surface area contributed by atoms with Gasteiger partial charge in [-0.2, -0.15) is 0 Å². The first-order chi connectivity index (χ1) is 9.51. The lowest BCUT2D eigenvalue weighted by atomic mass is 9.96. The van der Waals surface area contributed by atoms with E-state index in [1.54, 1.807) is 0 Å². The molecule has 0 saturated carbocycles. The van der Waals surface area contributed by atoms with E-state index in [0.717, 1.165) is 32.5 Å². The van der Waals surface area contributed by atoms with E-state index >= 15 is 0 Å². The molecule has 20 heavy (non-hydrogen) atoms. The molecule has 0 aliphatic rings. The smallest absolute Gasteiger partial charge is 0.0598 e. The summed E-state index contributed by atoms with van der Waals surface area (Å²) in [5.41, 5.74) is 1.39. The van der Waals surface area contributed by atoms with Crippen LogP contribution in [0.15, 0.2) is 30.3 Å². The molecule has 1 rings (SSSR count). The number of nitrogens with one attached hydrogen (secondary N) is 1. The third-order valence-corrected chi connectivity index (χ3v) is 3.29. The Morgan fingerprint density at radius 1 is 1.15 bits per heavy atom. The number of ether oxygens (including phenoxy) is 1. The molecule has 0 bridgehead atoms. The van der Waals surface area contributed by atoms with Crippen molar-refractivity contribution in [1.29, 1.82) is 0 Å². The summed E-state index contributed by atoms with van der Waals surface area (Å²) in [6, 6.07) is 10.8. The minimum absolute atomic E-state index is 0.0336. The Bertz CT molecular complexity index is 342. The number of benzene rings is 1. The third-order valence-electron chi connectivity index (χ3n) is 3.29. The maximum absolute atomic E-state index is 5.88. The number of rotatable bonds is 9. The van der Waals surface area contributed by atoms with E-state index < -0.39 is 0 Å². The summed E-state index contributed by atoms with van der Waals surface area (Å²) in [6.07, 6.45) is 3.44. The molecule has 2 heteroatoms. The van der Waals surface area contributed by atoms with Gasteiger partial charge in [0.2, 0.25) is 0 Å². The van der Waals surface area contributed by atoms with Gasteiger partial charge in [0.1, 0.15) is 0 Å². The molecule has 0 radical (unpaired) electrons. The molecule has 2 nitrogen and oxygen atoms in total. The van der Waals surface area contributed by atoms with Crippen LogP contribution in [0.1, 0.15) is 46.1 Å². The van der Waals surface area contributed by atoms with E-state index in [1.165, 1.54) is 12.0 Å². The van der Waals surface area contributed by atoms with Gasteiger partial charge < -0.3 is 10.1 Å². The van der Waals surface area contributed by atoms with Gasteiger partial charge in [-0.25, -0.2) is 0 Å². The van der Waals surface area contributed by atoms with E-state index in [2.05, 4.69) is 63.3 Å². The van der Waals surface area contributed by atoms with Gasteiger partial charge in [-0.05, 0) is 64.6 Å². The average Bonchev–Trinajstić information content (AvgIpc) is 2.38. The molecular formula is C18H31NO. The standard InChI is InChI=1S/C18H31NO/c1-5-12-19-15-17(11-13-20-18(2,3)4)14-16-9-7-6-8-10-16/h6-10,17,19H,5,11-15H2,1-4H3. The average molecular weight is 277 g/mol. The highest BCUT2D eigenvalue weighted by molar-refractivity contribution is 5.15. The summed E-state index contributed by atoms with van der Waals surface area (Å²) in [7, 11) is 0. The van der Waals surface area contributed by atoms with E-state index in [0.29, 0.717) is 5.92 Å². The van der Waals surface area contributed by atoms with Crippen molar-refractivity contribution in [2.75, 3.05) is 19.7 Å². The number of hydrogen-bond donors (Lipinski definition) is 1. The van der Waals surface area contributed by atoms with Crippen molar-refractivity contribution in [3.63, 3.8) is 0 Å². The zero-order valence-electron chi connectivity index (χ0n) is 13.6. The van der Waals surface area contributed by atoms with E-state index in [-0.39, 0.29) is 5.60 Å². The predicted molar refractivity (Wildman–Crippen MR) is 87.1 cm³/mol. The molecule has 1 atom stereocenters. The van der Waals surface area contributed by atoms with Gasteiger partial charge in [0.05, 0.1) is 5.60 Å². The van der Waals surface area contributed by atoms with E-state index in [4.69, 9.17) is 4.74 Å². The molecule has 0 heterocycles. The lowest BCUT2D eigenvalue weighted by molar-refractivity contribution is -0.00919. The summed E-state index contributed by atoms with van der Waals surface area (Å²) in [5, 5.41) is 3.55. The van der Waals surface area contributed by atoms with Crippen LogP contribution in [0, 0.1) is 5.92 Å². The van der Waals surface area contributed by atoms with Crippen molar-refractivity contribution in [2.24, 2.45) is 5.92 Å². The van der Waals surface area contributed by atoms with Gasteiger partial charge >= 0.3 is 0 Å². The Morgan fingerprint density at radius 2 is 1.85 bits per heavy atom. The summed E-state index contributed by atoms with van der Waals surface area (Å²) in [5.74, 6) is 0.645. The second-order valence-corrected chi connectivity index (χ2v) is 6.51. The second kappa shape index (κ2) is 9.15. The van der Waals surface area contributed by atoms with Crippen LogP contribution >= 0.6 is 0 Å². The number of hydrogen-bond acceptors (Lipinski definition) is 2. The molecule has 0 aliphatic heterocycles. The van der Waals surface area contributed by atoms with Crippen LogP contribution in [0.25, 0.3) is 0 Å². The quantitative estimate of drug-likeness (QED) is 0.688. The summed E-state index contributed by atoms with van der Waals surface area (Å²) in [4.78, 5) is 0. The molecule has 0 spiro atoms. The molecule has 1 N–H and O–H groups in total. The zero-order valence-corrected chi connectivity index (χ0v) is 13.6. The summed E-state index contributed by atoms with van der Waals surface area (Å²) in [6.45, 7) is 11.6. The molecule has 1 aromatic carbocycles. The van der Waals surface area contributed by atoms with Gasteiger partial charge in [-0.15, -0.1) is 0 Å². The van der Waals surface area contributed by atoms with Crippen LogP contribution in [0.2, 0.25) is 0 Å². The molecule has 0 aromatic heterocycles. The Morgan fingerprint density at radius 3 is 2.45 bits per heavy atom. The molecular weight excluding hydrogens is 246 g/mol. The second-order valence-electron chi connectivity index (χ2n) is 6.51. The first-order valence-electron chi connectivity index (χ1n) is 7.90. The molecule has 1 aromatic rings. The van der Waals surface area contributed by atoms with Crippen molar-refractivity contribution in [3.05, 3.63) is 35.9 Å². The fourth-order valence-corrected chi connectivity index (χ4v) is 2.24. The van der Waals surface area contributed by atoms with Crippen molar-refractivity contribution in [3.8, 4) is 0 Å². The fourth-order valence-electron chi connectivity index (χ4n) is 2.24. The van der Waals surface area contributed by atoms with Gasteiger partial charge in [-0.3, -0.25) is 0 Å². The highest BCUT2D eigenvalue weighted by Crippen LogP contribution is 2.14. The molecule has 0 fully saturated rings. The van der Waals surface area contributed by atoms with Crippen molar-refractivity contribution < 1.29 is 4.74 Å². The van der Waals surface area contributed by atoms with Crippen LogP contribution in [0.4, 0.5) is 0 Å². The van der Waals surface area contributed by atoms with E-state index in [1.807, 2.05) is 0 Å². The lowest BCUT2D eigenvalue weighted by Crippen LogP contribution is -2.27. The molecule has 0 amide bonds. The highest BCUT2D eigenvalue weighted by Gasteiger charge is 2.13. The van der Waals surface area contributed by atoms with Crippen LogP contribution in [0.3, 0.4) is 0 Å². The summed E-state index contributed by atoms with van der Waals surface area (Å²) < 4.78 is 5.88. The summed E-state index contributed by atoms with van der Waals surface area (Å²) >= 11 is 0. The van der Waals surface area contributed by atoms with Crippen LogP contribution in [-0.2, 0) is 11.2 Å². The fraction of sp³-hybridized carbons (Fsp3) is 0.667. The van der Waals surface area contributed by atoms with Gasteiger partial charge in [0, 0.05) is 6.61 Å². The van der Waals surface area contributed by atoms with Crippen molar-refractivity contribution >= 4 is 0 Å². The Hall–Kier alpha value is -0.860. The molecule has 114 valence electrons. The van der Waals surface area contributed by atoms with Crippen LogP contribution < -0.4 is 5.32 Å². The van der Waals surface area contributed by atoms with Crippen molar-refractivity contribution in [2.45, 2.75) is 52.6 Å². The van der Waals surface area contributed by atoms with Crippen molar-refractivity contribution in [1.82, 2.24) is 5.32 Å². The SMILES string of the molecule is CCCNCC(CCOC(C)(C)C)Cc1ccccc1.